The van der Waals surface area contributed by atoms with Gasteiger partial charge in [0.2, 0.25) is 0 Å². The van der Waals surface area contributed by atoms with Gasteiger partial charge in [-0.25, -0.2) is 0 Å². The summed E-state index contributed by atoms with van der Waals surface area (Å²) in [5.74, 6) is 0. The van der Waals surface area contributed by atoms with Crippen LogP contribution in [-0.4, -0.2) is 4.57 Å². The predicted molar refractivity (Wildman–Crippen MR) is 202 cm³/mol. The van der Waals surface area contributed by atoms with Gasteiger partial charge in [-0.1, -0.05) is 133 Å². The number of rotatable bonds is 3. The molecule has 0 unspecified atom stereocenters. The zero-order valence-electron chi connectivity index (χ0n) is 25.7. The number of hydrogen-bond donors (Lipinski definition) is 0. The Morgan fingerprint density at radius 2 is 0.638 bits per heavy atom. The van der Waals surface area contributed by atoms with Crippen molar-refractivity contribution in [2.24, 2.45) is 0 Å². The molecule has 0 spiro atoms. The molecule has 0 aliphatic heterocycles. The Balaban J connectivity index is 1.36. The summed E-state index contributed by atoms with van der Waals surface area (Å²) < 4.78 is 2.45. The number of hydrogen-bond acceptors (Lipinski definition) is 0. The Kier molecular flexibility index (Phi) is 5.64. The molecule has 1 aromatic heterocycles. The quantitative estimate of drug-likeness (QED) is 0.179. The van der Waals surface area contributed by atoms with E-state index in [0.717, 1.165) is 5.69 Å². The van der Waals surface area contributed by atoms with Crippen LogP contribution in [0.2, 0.25) is 0 Å². The van der Waals surface area contributed by atoms with Gasteiger partial charge in [0.15, 0.2) is 0 Å². The first-order valence-corrected chi connectivity index (χ1v) is 16.3. The largest absolute Gasteiger partial charge is 0.309 e. The summed E-state index contributed by atoms with van der Waals surface area (Å²) >= 11 is 0. The lowest BCUT2D eigenvalue weighted by molar-refractivity contribution is 1.18. The van der Waals surface area contributed by atoms with Crippen molar-refractivity contribution in [2.75, 3.05) is 0 Å². The van der Waals surface area contributed by atoms with E-state index in [9.17, 15) is 0 Å². The van der Waals surface area contributed by atoms with Gasteiger partial charge in [0.25, 0.3) is 0 Å². The van der Waals surface area contributed by atoms with Crippen molar-refractivity contribution in [3.05, 3.63) is 176 Å². The van der Waals surface area contributed by atoms with Crippen LogP contribution in [0.15, 0.2) is 176 Å². The summed E-state index contributed by atoms with van der Waals surface area (Å²) in [4.78, 5) is 0. The van der Waals surface area contributed by atoms with Crippen molar-refractivity contribution in [3.8, 4) is 27.9 Å². The highest BCUT2D eigenvalue weighted by Gasteiger charge is 2.17. The fourth-order valence-electron chi connectivity index (χ4n) is 7.84. The van der Waals surface area contributed by atoms with E-state index < -0.39 is 0 Å². The average molecular weight is 596 g/mol. The second kappa shape index (κ2) is 10.2. The van der Waals surface area contributed by atoms with Crippen LogP contribution in [-0.2, 0) is 0 Å². The smallest absolute Gasteiger partial charge is 0.0541 e. The molecule has 47 heavy (non-hydrogen) atoms. The van der Waals surface area contributed by atoms with Gasteiger partial charge >= 0.3 is 0 Å². The van der Waals surface area contributed by atoms with Crippen LogP contribution in [0.3, 0.4) is 0 Å². The van der Waals surface area contributed by atoms with Gasteiger partial charge in [0, 0.05) is 16.5 Å². The molecule has 0 N–H and O–H groups in total. The van der Waals surface area contributed by atoms with Crippen LogP contribution in [0.5, 0.6) is 0 Å². The highest BCUT2D eigenvalue weighted by molar-refractivity contribution is 6.16. The maximum Gasteiger partial charge on any atom is 0.0541 e. The molecular formula is C46H29N. The number of fused-ring (bicyclic) bond motifs is 9. The number of para-hydroxylation sites is 2. The molecule has 0 saturated heterocycles. The van der Waals surface area contributed by atoms with Crippen molar-refractivity contribution in [1.82, 2.24) is 4.57 Å². The van der Waals surface area contributed by atoms with E-state index in [4.69, 9.17) is 0 Å². The Bertz CT molecular complexity index is 2660. The molecule has 0 aliphatic carbocycles. The van der Waals surface area contributed by atoms with Gasteiger partial charge in [-0.05, 0) is 108 Å². The first kappa shape index (κ1) is 26.1. The second-order valence-corrected chi connectivity index (χ2v) is 12.5. The first-order valence-electron chi connectivity index (χ1n) is 16.3. The highest BCUT2D eigenvalue weighted by atomic mass is 15.0. The molecule has 10 aromatic rings. The van der Waals surface area contributed by atoms with Crippen LogP contribution in [0.4, 0.5) is 0 Å². The zero-order valence-corrected chi connectivity index (χ0v) is 25.7. The van der Waals surface area contributed by atoms with Crippen molar-refractivity contribution in [3.63, 3.8) is 0 Å². The molecule has 0 aliphatic rings. The summed E-state index contributed by atoms with van der Waals surface area (Å²) in [7, 11) is 0. The van der Waals surface area contributed by atoms with E-state index >= 15 is 0 Å². The van der Waals surface area contributed by atoms with Gasteiger partial charge in [-0.2, -0.15) is 0 Å². The third-order valence-corrected chi connectivity index (χ3v) is 9.91. The maximum atomic E-state index is 2.45. The first-order chi connectivity index (χ1) is 23.3. The van der Waals surface area contributed by atoms with Gasteiger partial charge in [-0.3, -0.25) is 0 Å². The summed E-state index contributed by atoms with van der Waals surface area (Å²) in [6.07, 6.45) is 0. The molecule has 10 rings (SSSR count). The minimum atomic E-state index is 1.16. The molecule has 0 amide bonds. The molecule has 1 heterocycles. The van der Waals surface area contributed by atoms with E-state index in [1.54, 1.807) is 0 Å². The van der Waals surface area contributed by atoms with Gasteiger partial charge in [0.1, 0.15) is 0 Å². The standard InChI is InChI=1S/C46H29N/c1-3-15-35-30(13-1)28-43(39-19-7-5-17-37(35)39)32-25-33(44-29-31-14-2-4-16-36(31)38-18-6-8-20-40(38)44)27-34(26-32)47-45-23-11-9-21-41(45)42-22-10-12-24-46(42)47/h1-29H. The topological polar surface area (TPSA) is 4.93 Å². The highest BCUT2D eigenvalue weighted by Crippen LogP contribution is 2.42. The van der Waals surface area contributed by atoms with E-state index in [1.807, 2.05) is 0 Å². The summed E-state index contributed by atoms with van der Waals surface area (Å²) in [5.41, 5.74) is 8.48. The van der Waals surface area contributed by atoms with Gasteiger partial charge in [0.05, 0.1) is 11.0 Å². The van der Waals surface area contributed by atoms with Crippen LogP contribution < -0.4 is 0 Å². The predicted octanol–water partition coefficient (Wildman–Crippen LogP) is 12.7. The lowest BCUT2D eigenvalue weighted by Crippen LogP contribution is -1.96. The van der Waals surface area contributed by atoms with Gasteiger partial charge in [-0.15, -0.1) is 0 Å². The Morgan fingerprint density at radius 3 is 1.11 bits per heavy atom. The van der Waals surface area contributed by atoms with Gasteiger partial charge < -0.3 is 4.57 Å². The number of benzene rings is 9. The minimum absolute atomic E-state index is 1.16. The minimum Gasteiger partial charge on any atom is -0.309 e. The van der Waals surface area contributed by atoms with Crippen LogP contribution in [0.1, 0.15) is 0 Å². The molecule has 9 aromatic carbocycles. The Hall–Kier alpha value is -6.18. The fourth-order valence-corrected chi connectivity index (χ4v) is 7.84. The van der Waals surface area contributed by atoms with E-state index in [1.165, 1.54) is 87.1 Å². The Morgan fingerprint density at radius 1 is 0.277 bits per heavy atom. The third kappa shape index (κ3) is 3.97. The van der Waals surface area contributed by atoms with Crippen molar-refractivity contribution < 1.29 is 0 Å². The summed E-state index contributed by atoms with van der Waals surface area (Å²) in [6.45, 7) is 0. The van der Waals surface area contributed by atoms with E-state index in [-0.39, 0.29) is 0 Å². The van der Waals surface area contributed by atoms with Crippen LogP contribution in [0, 0.1) is 0 Å². The normalized spacial score (nSPS) is 11.8. The monoisotopic (exact) mass is 595 g/mol. The zero-order chi connectivity index (χ0) is 30.9. The number of aromatic nitrogens is 1. The van der Waals surface area contributed by atoms with E-state index in [0.29, 0.717) is 0 Å². The van der Waals surface area contributed by atoms with Crippen molar-refractivity contribution >= 4 is 64.9 Å². The molecule has 1 nitrogen and oxygen atoms in total. The molecule has 0 atom stereocenters. The van der Waals surface area contributed by atoms with Crippen LogP contribution >= 0.6 is 0 Å². The molecule has 218 valence electrons. The van der Waals surface area contributed by atoms with Crippen LogP contribution in [0.25, 0.3) is 92.8 Å². The van der Waals surface area contributed by atoms with Crippen molar-refractivity contribution in [2.45, 2.75) is 0 Å². The van der Waals surface area contributed by atoms with E-state index in [2.05, 4.69) is 180 Å². The molecule has 0 saturated carbocycles. The molecule has 0 radical (unpaired) electrons. The van der Waals surface area contributed by atoms with Crippen molar-refractivity contribution in [1.29, 1.82) is 0 Å². The fraction of sp³-hybridized carbons (Fsp3) is 0. The lowest BCUT2D eigenvalue weighted by Gasteiger charge is -2.17. The Labute approximate surface area is 272 Å². The second-order valence-electron chi connectivity index (χ2n) is 12.5. The third-order valence-electron chi connectivity index (χ3n) is 9.91. The lowest BCUT2D eigenvalue weighted by atomic mass is 9.89. The average Bonchev–Trinajstić information content (AvgIpc) is 3.48. The number of nitrogens with zero attached hydrogens (tertiary/aromatic N) is 1. The summed E-state index contributed by atoms with van der Waals surface area (Å²) in [6, 6.07) is 64.7. The molecular weight excluding hydrogens is 567 g/mol. The molecule has 0 bridgehead atoms. The molecule has 0 fully saturated rings. The maximum absolute atomic E-state index is 2.45. The summed E-state index contributed by atoms with van der Waals surface area (Å²) in [5, 5.41) is 12.7. The SMILES string of the molecule is c1ccc2c(c1)cc(-c1cc(-c3cc4ccccc4c4ccccc34)cc(-n3c4ccccc4c4ccccc43)c1)c1ccccc12. The molecule has 1 heteroatoms.